The Hall–Kier alpha value is -2.06. The molecule has 21 heavy (non-hydrogen) atoms. The molecular formula is C18H17ClN2. The minimum Gasteiger partial charge on any atom is -0.336 e. The van der Waals surface area contributed by atoms with E-state index in [1.165, 1.54) is 5.56 Å². The van der Waals surface area contributed by atoms with Crippen LogP contribution >= 0.6 is 11.6 Å². The first-order chi connectivity index (χ1) is 10.2. The van der Waals surface area contributed by atoms with Crippen LogP contribution in [0.25, 0.3) is 0 Å². The molecular weight excluding hydrogens is 280 g/mol. The molecule has 0 bridgehead atoms. The van der Waals surface area contributed by atoms with Crippen molar-refractivity contribution in [2.24, 2.45) is 0 Å². The van der Waals surface area contributed by atoms with Crippen LogP contribution in [0.3, 0.4) is 0 Å². The van der Waals surface area contributed by atoms with E-state index in [-0.39, 0.29) is 5.41 Å². The third-order valence-corrected chi connectivity index (χ3v) is 4.27. The standard InChI is InChI=1S/C18H17ClN2/c1-18(13-21-12-11-20-14-21,15-7-3-2-4-8-15)16-9-5-6-10-17(16)19/h2-12,14H,13H2,1H3. The molecule has 2 aromatic carbocycles. The van der Waals surface area contributed by atoms with Gasteiger partial charge in [-0.3, -0.25) is 0 Å². The highest BCUT2D eigenvalue weighted by Gasteiger charge is 2.31. The number of halogens is 1. The van der Waals surface area contributed by atoms with Crippen LogP contribution in [-0.2, 0) is 12.0 Å². The second kappa shape index (κ2) is 5.74. The Morgan fingerprint density at radius 1 is 1.05 bits per heavy atom. The molecule has 1 atom stereocenters. The number of hydrogen-bond donors (Lipinski definition) is 0. The third kappa shape index (κ3) is 2.72. The lowest BCUT2D eigenvalue weighted by Gasteiger charge is -2.32. The maximum Gasteiger partial charge on any atom is 0.0946 e. The number of aromatic nitrogens is 2. The van der Waals surface area contributed by atoms with Crippen molar-refractivity contribution in [3.05, 3.63) is 89.5 Å². The summed E-state index contributed by atoms with van der Waals surface area (Å²) in [6, 6.07) is 18.5. The van der Waals surface area contributed by atoms with Crippen LogP contribution in [0.1, 0.15) is 18.1 Å². The second-order valence-corrected chi connectivity index (χ2v) is 5.82. The molecule has 0 aliphatic carbocycles. The molecule has 3 rings (SSSR count). The van der Waals surface area contributed by atoms with E-state index in [4.69, 9.17) is 11.6 Å². The van der Waals surface area contributed by atoms with E-state index < -0.39 is 0 Å². The van der Waals surface area contributed by atoms with Crippen molar-refractivity contribution in [2.75, 3.05) is 0 Å². The molecule has 1 unspecified atom stereocenters. The number of hydrogen-bond acceptors (Lipinski definition) is 1. The summed E-state index contributed by atoms with van der Waals surface area (Å²) in [4.78, 5) is 4.15. The minimum atomic E-state index is -0.208. The maximum absolute atomic E-state index is 6.47. The molecule has 1 heterocycles. The topological polar surface area (TPSA) is 17.8 Å². The van der Waals surface area contributed by atoms with Crippen molar-refractivity contribution in [2.45, 2.75) is 18.9 Å². The Labute approximate surface area is 130 Å². The Morgan fingerprint density at radius 3 is 2.43 bits per heavy atom. The fourth-order valence-corrected chi connectivity index (χ4v) is 3.14. The molecule has 106 valence electrons. The summed E-state index contributed by atoms with van der Waals surface area (Å²) in [5, 5.41) is 0.795. The zero-order valence-electron chi connectivity index (χ0n) is 11.9. The normalized spacial score (nSPS) is 13.8. The van der Waals surface area contributed by atoms with E-state index in [0.29, 0.717) is 0 Å². The van der Waals surface area contributed by atoms with Crippen molar-refractivity contribution in [3.63, 3.8) is 0 Å². The van der Waals surface area contributed by atoms with Crippen molar-refractivity contribution in [1.82, 2.24) is 9.55 Å². The fourth-order valence-electron chi connectivity index (χ4n) is 2.79. The van der Waals surface area contributed by atoms with Gasteiger partial charge in [-0.1, -0.05) is 60.1 Å². The number of imidazole rings is 1. The van der Waals surface area contributed by atoms with Crippen LogP contribution in [-0.4, -0.2) is 9.55 Å². The van der Waals surface area contributed by atoms with Gasteiger partial charge in [0, 0.05) is 29.4 Å². The molecule has 0 N–H and O–H groups in total. The van der Waals surface area contributed by atoms with Gasteiger partial charge in [-0.25, -0.2) is 4.98 Å². The monoisotopic (exact) mass is 296 g/mol. The first-order valence-electron chi connectivity index (χ1n) is 6.96. The van der Waals surface area contributed by atoms with Gasteiger partial charge >= 0.3 is 0 Å². The zero-order valence-corrected chi connectivity index (χ0v) is 12.7. The van der Waals surface area contributed by atoms with Gasteiger partial charge < -0.3 is 4.57 Å². The smallest absolute Gasteiger partial charge is 0.0946 e. The van der Waals surface area contributed by atoms with Crippen LogP contribution in [0, 0.1) is 0 Å². The number of benzene rings is 2. The molecule has 2 nitrogen and oxygen atoms in total. The second-order valence-electron chi connectivity index (χ2n) is 5.41. The number of nitrogens with zero attached hydrogens (tertiary/aromatic N) is 2. The summed E-state index contributed by atoms with van der Waals surface area (Å²) >= 11 is 6.47. The molecule has 0 aliphatic rings. The molecule has 3 heteroatoms. The predicted molar refractivity (Wildman–Crippen MR) is 86.6 cm³/mol. The van der Waals surface area contributed by atoms with Crippen molar-refractivity contribution in [3.8, 4) is 0 Å². The largest absolute Gasteiger partial charge is 0.336 e. The molecule has 3 aromatic rings. The van der Waals surface area contributed by atoms with Gasteiger partial charge in [0.05, 0.1) is 6.33 Å². The first-order valence-corrected chi connectivity index (χ1v) is 7.34. The number of rotatable bonds is 4. The summed E-state index contributed by atoms with van der Waals surface area (Å²) in [7, 11) is 0. The average molecular weight is 297 g/mol. The van der Waals surface area contributed by atoms with E-state index in [1.54, 1.807) is 6.20 Å². The molecule has 1 aromatic heterocycles. The summed E-state index contributed by atoms with van der Waals surface area (Å²) < 4.78 is 2.09. The molecule has 0 saturated heterocycles. The molecule has 0 spiro atoms. The molecule has 0 saturated carbocycles. The lowest BCUT2D eigenvalue weighted by molar-refractivity contribution is 0.469. The third-order valence-electron chi connectivity index (χ3n) is 3.94. The highest BCUT2D eigenvalue weighted by Crippen LogP contribution is 2.37. The molecule has 0 fully saturated rings. The maximum atomic E-state index is 6.47. The summed E-state index contributed by atoms with van der Waals surface area (Å²) in [5.41, 5.74) is 2.17. The van der Waals surface area contributed by atoms with Gasteiger partial charge in [0.25, 0.3) is 0 Å². The van der Waals surface area contributed by atoms with Crippen LogP contribution in [0.15, 0.2) is 73.3 Å². The highest BCUT2D eigenvalue weighted by atomic mass is 35.5. The van der Waals surface area contributed by atoms with Crippen LogP contribution in [0.5, 0.6) is 0 Å². The van der Waals surface area contributed by atoms with Gasteiger partial charge in [-0.2, -0.15) is 0 Å². The van der Waals surface area contributed by atoms with Crippen LogP contribution in [0.2, 0.25) is 5.02 Å². The van der Waals surface area contributed by atoms with E-state index in [0.717, 1.165) is 17.1 Å². The zero-order chi connectivity index (χ0) is 14.7. The van der Waals surface area contributed by atoms with Gasteiger partial charge in [0.2, 0.25) is 0 Å². The van der Waals surface area contributed by atoms with Gasteiger partial charge in [-0.15, -0.1) is 0 Å². The molecule has 0 amide bonds. The first kappa shape index (κ1) is 13.9. The van der Waals surface area contributed by atoms with Crippen molar-refractivity contribution in [1.29, 1.82) is 0 Å². The van der Waals surface area contributed by atoms with Gasteiger partial charge in [0.15, 0.2) is 0 Å². The summed E-state index contributed by atoms with van der Waals surface area (Å²) in [6.07, 6.45) is 5.63. The highest BCUT2D eigenvalue weighted by molar-refractivity contribution is 6.31. The summed E-state index contributed by atoms with van der Waals surface area (Å²) in [6.45, 7) is 3.02. The van der Waals surface area contributed by atoms with Crippen molar-refractivity contribution < 1.29 is 0 Å². The minimum absolute atomic E-state index is 0.208. The molecule has 0 radical (unpaired) electrons. The molecule has 0 aliphatic heterocycles. The van der Waals surface area contributed by atoms with Gasteiger partial charge in [-0.05, 0) is 24.1 Å². The summed E-state index contributed by atoms with van der Waals surface area (Å²) in [5.74, 6) is 0. The lowest BCUT2D eigenvalue weighted by Crippen LogP contribution is -2.29. The van der Waals surface area contributed by atoms with Crippen LogP contribution in [0.4, 0.5) is 0 Å². The Morgan fingerprint density at radius 2 is 1.76 bits per heavy atom. The fraction of sp³-hybridized carbons (Fsp3) is 0.167. The SMILES string of the molecule is CC(Cn1ccnc1)(c1ccccc1)c1ccccc1Cl. The Balaban J connectivity index is 2.13. The average Bonchev–Trinajstić information content (AvgIpc) is 3.01. The van der Waals surface area contributed by atoms with Crippen LogP contribution < -0.4 is 0 Å². The predicted octanol–water partition coefficient (Wildman–Crippen LogP) is 4.54. The van der Waals surface area contributed by atoms with Crippen molar-refractivity contribution >= 4 is 11.6 Å². The lowest BCUT2D eigenvalue weighted by atomic mass is 9.76. The van der Waals surface area contributed by atoms with E-state index in [9.17, 15) is 0 Å². The van der Waals surface area contributed by atoms with E-state index in [2.05, 4.69) is 46.8 Å². The van der Waals surface area contributed by atoms with E-state index in [1.807, 2.05) is 36.8 Å². The Bertz CT molecular complexity index is 707. The Kier molecular flexibility index (Phi) is 3.80. The van der Waals surface area contributed by atoms with E-state index >= 15 is 0 Å². The van der Waals surface area contributed by atoms with Gasteiger partial charge in [0.1, 0.15) is 0 Å². The quantitative estimate of drug-likeness (QED) is 0.691.